The van der Waals surface area contributed by atoms with Crippen LogP contribution >= 0.6 is 0 Å². The number of nitrogens with two attached hydrogens (primary N) is 1. The molecule has 0 atom stereocenters. The van der Waals surface area contributed by atoms with Gasteiger partial charge in [-0.25, -0.2) is 4.79 Å². The fraction of sp³-hybridized carbons (Fsp3) is 0.321. The summed E-state index contributed by atoms with van der Waals surface area (Å²) in [6.45, 7) is 9.10. The summed E-state index contributed by atoms with van der Waals surface area (Å²) in [5.74, 6) is 0.446. The molecule has 168 valence electrons. The third kappa shape index (κ3) is 5.50. The minimum absolute atomic E-state index is 0.131. The molecule has 0 saturated carbocycles. The van der Waals surface area contributed by atoms with Crippen LogP contribution in [0.1, 0.15) is 55.9 Å². The first-order valence-corrected chi connectivity index (χ1v) is 11.6. The van der Waals surface area contributed by atoms with Crippen LogP contribution in [0.2, 0.25) is 0 Å². The molecule has 4 nitrogen and oxygen atoms in total. The molecule has 0 aliphatic rings. The molecule has 0 bridgehead atoms. The Morgan fingerprint density at radius 2 is 1.62 bits per heavy atom. The number of anilines is 3. The molecule has 3 rings (SSSR count). The second-order valence-electron chi connectivity index (χ2n) is 8.44. The molecule has 3 N–H and O–H groups in total. The number of nitrogens with zero attached hydrogens (tertiary/aromatic N) is 1. The number of carbonyl (C=O) groups is 1. The lowest BCUT2D eigenvalue weighted by molar-refractivity contribution is 0.257. The number of rotatable bonds is 8. The Bertz CT molecular complexity index is 1030. The van der Waals surface area contributed by atoms with E-state index in [1.165, 1.54) is 11.1 Å². The molecular weight excluding hydrogens is 394 g/mol. The Balaban J connectivity index is 1.92. The van der Waals surface area contributed by atoms with Crippen LogP contribution in [0, 0.1) is 0 Å². The molecule has 0 fully saturated rings. The fourth-order valence-electron chi connectivity index (χ4n) is 3.99. The summed E-state index contributed by atoms with van der Waals surface area (Å²) in [4.78, 5) is 15.4. The van der Waals surface area contributed by atoms with Gasteiger partial charge in [0.05, 0.1) is 5.69 Å². The monoisotopic (exact) mass is 429 g/mol. The van der Waals surface area contributed by atoms with Crippen molar-refractivity contribution in [2.24, 2.45) is 0 Å². The number of carbonyl (C=O) groups excluding carboxylic acids is 1. The number of urea groups is 1. The van der Waals surface area contributed by atoms with Crippen molar-refractivity contribution in [3.63, 3.8) is 0 Å². The predicted octanol–water partition coefficient (Wildman–Crippen LogP) is 6.80. The Morgan fingerprint density at radius 3 is 2.22 bits per heavy atom. The van der Waals surface area contributed by atoms with E-state index in [0.717, 1.165) is 47.5 Å². The summed E-state index contributed by atoms with van der Waals surface area (Å²) in [5.41, 5.74) is 13.3. The SMILES string of the molecule is CCc1ccc(N)c(CC)c1NC(=O)N(CCc1ccccc1)c1ccc(C(C)C)cc1. The smallest absolute Gasteiger partial charge is 0.326 e. The fourth-order valence-corrected chi connectivity index (χ4v) is 3.99. The standard InChI is InChI=1S/C28H35N3O/c1-5-22-14-17-26(29)25(6-2)27(22)30-28(32)31(19-18-21-10-8-7-9-11-21)24-15-12-23(13-16-24)20(3)4/h7-17,20H,5-6,18-19,29H2,1-4H3,(H,30,32). The van der Waals surface area contributed by atoms with Gasteiger partial charge in [0.1, 0.15) is 0 Å². The topological polar surface area (TPSA) is 58.4 Å². The van der Waals surface area contributed by atoms with Crippen molar-refractivity contribution >= 4 is 23.1 Å². The number of benzene rings is 3. The van der Waals surface area contributed by atoms with E-state index in [-0.39, 0.29) is 6.03 Å². The zero-order valence-electron chi connectivity index (χ0n) is 19.7. The molecule has 0 aliphatic heterocycles. The minimum Gasteiger partial charge on any atom is -0.398 e. The van der Waals surface area contributed by atoms with Crippen molar-refractivity contribution in [3.8, 4) is 0 Å². The number of hydrogen-bond acceptors (Lipinski definition) is 2. The molecule has 32 heavy (non-hydrogen) atoms. The van der Waals surface area contributed by atoms with E-state index in [2.05, 4.69) is 57.3 Å². The van der Waals surface area contributed by atoms with Gasteiger partial charge in [0.2, 0.25) is 0 Å². The first-order chi connectivity index (χ1) is 15.4. The molecule has 3 aromatic rings. The van der Waals surface area contributed by atoms with Crippen LogP contribution in [-0.4, -0.2) is 12.6 Å². The first kappa shape index (κ1) is 23.4. The minimum atomic E-state index is -0.131. The lowest BCUT2D eigenvalue weighted by atomic mass is 10.0. The van der Waals surface area contributed by atoms with E-state index in [0.29, 0.717) is 12.5 Å². The molecule has 4 heteroatoms. The zero-order chi connectivity index (χ0) is 23.1. The van der Waals surface area contributed by atoms with E-state index in [1.54, 1.807) is 0 Å². The summed E-state index contributed by atoms with van der Waals surface area (Å²) >= 11 is 0. The van der Waals surface area contributed by atoms with Gasteiger partial charge in [-0.05, 0) is 65.6 Å². The van der Waals surface area contributed by atoms with Gasteiger partial charge in [-0.3, -0.25) is 4.90 Å². The summed E-state index contributed by atoms with van der Waals surface area (Å²) in [6, 6.07) is 22.4. The maximum absolute atomic E-state index is 13.6. The van der Waals surface area contributed by atoms with Gasteiger partial charge in [0.25, 0.3) is 0 Å². The molecule has 0 spiro atoms. The van der Waals surface area contributed by atoms with Crippen LogP contribution in [0.3, 0.4) is 0 Å². The predicted molar refractivity (Wildman–Crippen MR) is 137 cm³/mol. The quantitative estimate of drug-likeness (QED) is 0.387. The molecule has 0 radical (unpaired) electrons. The highest BCUT2D eigenvalue weighted by atomic mass is 16.2. The van der Waals surface area contributed by atoms with E-state index in [9.17, 15) is 4.79 Å². The van der Waals surface area contributed by atoms with Crippen molar-refractivity contribution in [2.75, 3.05) is 22.5 Å². The van der Waals surface area contributed by atoms with Gasteiger partial charge >= 0.3 is 6.03 Å². The lowest BCUT2D eigenvalue weighted by Gasteiger charge is -2.26. The average Bonchev–Trinajstić information content (AvgIpc) is 2.80. The van der Waals surface area contributed by atoms with Gasteiger partial charge in [0, 0.05) is 17.9 Å². The number of nitrogens with one attached hydrogen (secondary N) is 1. The molecule has 2 amide bonds. The second-order valence-corrected chi connectivity index (χ2v) is 8.44. The highest BCUT2D eigenvalue weighted by molar-refractivity contribution is 6.03. The van der Waals surface area contributed by atoms with Crippen molar-refractivity contribution in [1.29, 1.82) is 0 Å². The molecule has 0 aromatic heterocycles. The molecule has 0 heterocycles. The summed E-state index contributed by atoms with van der Waals surface area (Å²) in [5, 5.41) is 3.20. The van der Waals surface area contributed by atoms with Crippen LogP contribution < -0.4 is 16.0 Å². The van der Waals surface area contributed by atoms with E-state index in [1.807, 2.05) is 47.4 Å². The Kier molecular flexibility index (Phi) is 7.93. The van der Waals surface area contributed by atoms with Crippen LogP contribution in [0.25, 0.3) is 0 Å². The third-order valence-electron chi connectivity index (χ3n) is 5.99. The molecule has 3 aromatic carbocycles. The normalized spacial score (nSPS) is 10.9. The van der Waals surface area contributed by atoms with E-state index < -0.39 is 0 Å². The Labute approximate surface area is 192 Å². The highest BCUT2D eigenvalue weighted by Gasteiger charge is 2.19. The molecule has 0 saturated heterocycles. The van der Waals surface area contributed by atoms with E-state index >= 15 is 0 Å². The average molecular weight is 430 g/mol. The molecule has 0 unspecified atom stereocenters. The van der Waals surface area contributed by atoms with Crippen molar-refractivity contribution in [1.82, 2.24) is 0 Å². The second kappa shape index (κ2) is 10.9. The van der Waals surface area contributed by atoms with Gasteiger partial charge < -0.3 is 11.1 Å². The Hall–Kier alpha value is -3.27. The van der Waals surface area contributed by atoms with Crippen LogP contribution in [0.4, 0.5) is 21.9 Å². The number of hydrogen-bond donors (Lipinski definition) is 2. The third-order valence-corrected chi connectivity index (χ3v) is 5.99. The first-order valence-electron chi connectivity index (χ1n) is 11.6. The van der Waals surface area contributed by atoms with Gasteiger partial charge in [-0.2, -0.15) is 0 Å². The van der Waals surface area contributed by atoms with Gasteiger partial charge in [0.15, 0.2) is 0 Å². The number of aryl methyl sites for hydroxylation is 1. The molecule has 0 aliphatic carbocycles. The van der Waals surface area contributed by atoms with Crippen LogP contribution in [-0.2, 0) is 19.3 Å². The zero-order valence-corrected chi connectivity index (χ0v) is 19.7. The maximum Gasteiger partial charge on any atom is 0.326 e. The highest BCUT2D eigenvalue weighted by Crippen LogP contribution is 2.29. The maximum atomic E-state index is 13.6. The number of nitrogen functional groups attached to an aromatic ring is 1. The Morgan fingerprint density at radius 1 is 0.938 bits per heavy atom. The summed E-state index contributed by atoms with van der Waals surface area (Å²) < 4.78 is 0. The van der Waals surface area contributed by atoms with Crippen LogP contribution in [0.5, 0.6) is 0 Å². The number of amides is 2. The van der Waals surface area contributed by atoms with Gasteiger partial charge in [-0.15, -0.1) is 0 Å². The van der Waals surface area contributed by atoms with Crippen LogP contribution in [0.15, 0.2) is 66.7 Å². The van der Waals surface area contributed by atoms with E-state index in [4.69, 9.17) is 5.73 Å². The summed E-state index contributed by atoms with van der Waals surface area (Å²) in [6.07, 6.45) is 2.37. The lowest BCUT2D eigenvalue weighted by Crippen LogP contribution is -2.37. The molecular formula is C28H35N3O. The largest absolute Gasteiger partial charge is 0.398 e. The van der Waals surface area contributed by atoms with Gasteiger partial charge in [-0.1, -0.05) is 76.2 Å². The summed E-state index contributed by atoms with van der Waals surface area (Å²) in [7, 11) is 0. The van der Waals surface area contributed by atoms with Crippen molar-refractivity contribution in [2.45, 2.75) is 52.9 Å². The van der Waals surface area contributed by atoms with Crippen molar-refractivity contribution in [3.05, 3.63) is 89.0 Å². The van der Waals surface area contributed by atoms with Crippen molar-refractivity contribution < 1.29 is 4.79 Å².